The molecule has 1 aliphatic carbocycles. The van der Waals surface area contributed by atoms with E-state index < -0.39 is 0 Å². The van der Waals surface area contributed by atoms with Gasteiger partial charge < -0.3 is 15.0 Å². The van der Waals surface area contributed by atoms with Crippen LogP contribution in [0.3, 0.4) is 0 Å². The molecule has 1 heterocycles. The minimum Gasteiger partial charge on any atom is -0.496 e. The molecule has 1 N–H and O–H groups in total. The molecule has 2 aliphatic rings. The van der Waals surface area contributed by atoms with Crippen molar-refractivity contribution in [2.24, 2.45) is 16.8 Å². The van der Waals surface area contributed by atoms with Gasteiger partial charge in [0.05, 0.1) is 7.11 Å². The summed E-state index contributed by atoms with van der Waals surface area (Å²) in [4.78, 5) is 6.98. The average Bonchev–Trinajstić information content (AvgIpc) is 3.03. The summed E-state index contributed by atoms with van der Waals surface area (Å²) in [5.41, 5.74) is 2.49. The van der Waals surface area contributed by atoms with E-state index >= 15 is 0 Å². The molecule has 0 spiro atoms. The highest BCUT2D eigenvalue weighted by molar-refractivity contribution is 14.0. The maximum absolute atomic E-state index is 5.42. The van der Waals surface area contributed by atoms with Gasteiger partial charge in [-0.15, -0.1) is 24.0 Å². The van der Waals surface area contributed by atoms with Crippen molar-refractivity contribution < 1.29 is 4.74 Å². The molecule has 0 amide bonds. The number of rotatable bonds is 4. The van der Waals surface area contributed by atoms with Gasteiger partial charge in [-0.1, -0.05) is 25.0 Å². The third-order valence-corrected chi connectivity index (χ3v) is 5.66. The number of nitrogens with one attached hydrogen (secondary N) is 1. The maximum atomic E-state index is 5.42. The first-order valence-electron chi connectivity index (χ1n) is 9.30. The minimum atomic E-state index is 0. The van der Waals surface area contributed by atoms with Crippen LogP contribution in [0.5, 0.6) is 5.75 Å². The molecule has 1 aromatic rings. The number of aliphatic imine (C=N–C) groups is 1. The number of likely N-dealkylation sites (tertiary alicyclic amines) is 1. The third-order valence-electron chi connectivity index (χ3n) is 5.66. The van der Waals surface area contributed by atoms with E-state index in [4.69, 9.17) is 4.74 Å². The minimum absolute atomic E-state index is 0. The summed E-state index contributed by atoms with van der Waals surface area (Å²) in [6.07, 6.45) is 6.62. The van der Waals surface area contributed by atoms with Crippen LogP contribution in [0.25, 0.3) is 0 Å². The van der Waals surface area contributed by atoms with Gasteiger partial charge >= 0.3 is 0 Å². The number of methoxy groups -OCH3 is 1. The first kappa shape index (κ1) is 20.3. The number of aryl methyl sites for hydroxylation is 1. The van der Waals surface area contributed by atoms with Crippen molar-refractivity contribution in [1.82, 2.24) is 10.2 Å². The number of hydrogen-bond donors (Lipinski definition) is 1. The van der Waals surface area contributed by atoms with E-state index in [0.29, 0.717) is 0 Å². The van der Waals surface area contributed by atoms with Crippen LogP contribution in [0.15, 0.2) is 23.2 Å². The third kappa shape index (κ3) is 5.02. The van der Waals surface area contributed by atoms with Gasteiger partial charge in [0, 0.05) is 26.7 Å². The molecule has 25 heavy (non-hydrogen) atoms. The molecular weight excluding hydrogens is 425 g/mol. The molecule has 4 nitrogen and oxygen atoms in total. The topological polar surface area (TPSA) is 36.9 Å². The molecule has 0 radical (unpaired) electrons. The predicted molar refractivity (Wildman–Crippen MR) is 115 cm³/mol. The van der Waals surface area contributed by atoms with Gasteiger partial charge in [-0.3, -0.25) is 4.99 Å². The van der Waals surface area contributed by atoms with E-state index in [9.17, 15) is 0 Å². The molecule has 5 heteroatoms. The van der Waals surface area contributed by atoms with Gasteiger partial charge in [0.2, 0.25) is 0 Å². The fourth-order valence-electron chi connectivity index (χ4n) is 4.25. The Hall–Kier alpha value is -0.980. The molecule has 0 aromatic heterocycles. The molecule has 0 bridgehead atoms. The Morgan fingerprint density at radius 3 is 2.52 bits per heavy atom. The van der Waals surface area contributed by atoms with Crippen molar-refractivity contribution in [1.29, 1.82) is 0 Å². The number of ether oxygens (including phenoxy) is 1. The second kappa shape index (κ2) is 9.64. The number of halogens is 1. The normalized spacial score (nSPS) is 23.0. The van der Waals surface area contributed by atoms with Crippen LogP contribution in [0.2, 0.25) is 0 Å². The lowest BCUT2D eigenvalue weighted by Crippen LogP contribution is -2.41. The average molecular weight is 457 g/mol. The Morgan fingerprint density at radius 2 is 1.92 bits per heavy atom. The van der Waals surface area contributed by atoms with Crippen molar-refractivity contribution in [3.63, 3.8) is 0 Å². The lowest BCUT2D eigenvalue weighted by atomic mass is 9.82. The SMILES string of the molecule is CN=C(NCCc1ccc(C)c(OC)c1)N1CC2CCCCC2C1.I. The van der Waals surface area contributed by atoms with Gasteiger partial charge in [0.1, 0.15) is 5.75 Å². The molecule has 2 fully saturated rings. The smallest absolute Gasteiger partial charge is 0.193 e. The van der Waals surface area contributed by atoms with Crippen molar-refractivity contribution in [3.05, 3.63) is 29.3 Å². The number of guanidine groups is 1. The van der Waals surface area contributed by atoms with E-state index in [2.05, 4.69) is 40.3 Å². The van der Waals surface area contributed by atoms with Gasteiger partial charge in [0.15, 0.2) is 5.96 Å². The van der Waals surface area contributed by atoms with Gasteiger partial charge in [-0.25, -0.2) is 0 Å². The molecule has 2 atom stereocenters. The Balaban J connectivity index is 0.00000225. The molecule has 1 saturated carbocycles. The largest absolute Gasteiger partial charge is 0.496 e. The molecule has 140 valence electrons. The van der Waals surface area contributed by atoms with Crippen LogP contribution in [-0.4, -0.2) is 44.7 Å². The van der Waals surface area contributed by atoms with Gasteiger partial charge in [-0.2, -0.15) is 0 Å². The number of hydrogen-bond acceptors (Lipinski definition) is 2. The highest BCUT2D eigenvalue weighted by atomic mass is 127. The van der Waals surface area contributed by atoms with Crippen LogP contribution in [0.1, 0.15) is 36.8 Å². The van der Waals surface area contributed by atoms with Crippen LogP contribution in [0.4, 0.5) is 0 Å². The van der Waals surface area contributed by atoms with E-state index in [1.807, 2.05) is 7.05 Å². The maximum Gasteiger partial charge on any atom is 0.193 e. The molecule has 1 saturated heterocycles. The molecule has 1 aromatic carbocycles. The van der Waals surface area contributed by atoms with Crippen LogP contribution in [-0.2, 0) is 6.42 Å². The second-order valence-corrected chi connectivity index (χ2v) is 7.24. The van der Waals surface area contributed by atoms with Crippen LogP contribution in [0, 0.1) is 18.8 Å². The summed E-state index contributed by atoms with van der Waals surface area (Å²) in [7, 11) is 3.64. The van der Waals surface area contributed by atoms with Crippen LogP contribution >= 0.6 is 24.0 Å². The summed E-state index contributed by atoms with van der Waals surface area (Å²) < 4.78 is 5.42. The van der Waals surface area contributed by atoms with E-state index in [1.54, 1.807) is 7.11 Å². The summed E-state index contributed by atoms with van der Waals surface area (Å²) in [5.74, 6) is 3.82. The zero-order valence-corrected chi connectivity index (χ0v) is 18.1. The van der Waals surface area contributed by atoms with E-state index in [1.165, 1.54) is 49.9 Å². The zero-order chi connectivity index (χ0) is 16.9. The molecular formula is C20H32IN3O. The van der Waals surface area contributed by atoms with Crippen LogP contribution < -0.4 is 10.1 Å². The fraction of sp³-hybridized carbons (Fsp3) is 0.650. The molecule has 2 unspecified atom stereocenters. The zero-order valence-electron chi connectivity index (χ0n) is 15.8. The highest BCUT2D eigenvalue weighted by Crippen LogP contribution is 2.35. The lowest BCUT2D eigenvalue weighted by Gasteiger charge is -2.22. The second-order valence-electron chi connectivity index (χ2n) is 7.24. The Kier molecular flexibility index (Phi) is 7.84. The Labute approximate surface area is 169 Å². The first-order valence-corrected chi connectivity index (χ1v) is 9.30. The summed E-state index contributed by atoms with van der Waals surface area (Å²) in [5, 5.41) is 3.56. The standard InChI is InChI=1S/C20H31N3O.HI/c1-15-8-9-16(12-19(15)24-3)10-11-22-20(21-2)23-13-17-6-4-5-7-18(17)14-23;/h8-9,12,17-18H,4-7,10-11,13-14H2,1-3H3,(H,21,22);1H. The first-order chi connectivity index (χ1) is 11.7. The fourth-order valence-corrected chi connectivity index (χ4v) is 4.25. The molecule has 3 rings (SSSR count). The summed E-state index contributed by atoms with van der Waals surface area (Å²) >= 11 is 0. The predicted octanol–water partition coefficient (Wildman–Crippen LogP) is 3.86. The monoisotopic (exact) mass is 457 g/mol. The van der Waals surface area contributed by atoms with E-state index in [-0.39, 0.29) is 24.0 Å². The lowest BCUT2D eigenvalue weighted by molar-refractivity contribution is 0.299. The number of nitrogens with zero attached hydrogens (tertiary/aromatic N) is 2. The van der Waals surface area contributed by atoms with Crippen molar-refractivity contribution in [3.8, 4) is 5.75 Å². The van der Waals surface area contributed by atoms with Gasteiger partial charge in [0.25, 0.3) is 0 Å². The van der Waals surface area contributed by atoms with Gasteiger partial charge in [-0.05, 0) is 55.2 Å². The summed E-state index contributed by atoms with van der Waals surface area (Å²) in [6, 6.07) is 6.46. The van der Waals surface area contributed by atoms with Crippen molar-refractivity contribution >= 4 is 29.9 Å². The highest BCUT2D eigenvalue weighted by Gasteiger charge is 2.35. The number of fused-ring (bicyclic) bond motifs is 1. The Bertz CT molecular complexity index is 576. The summed E-state index contributed by atoms with van der Waals surface area (Å²) in [6.45, 7) is 5.35. The van der Waals surface area contributed by atoms with E-state index in [0.717, 1.165) is 36.5 Å². The molecule has 1 aliphatic heterocycles. The number of benzene rings is 1. The van der Waals surface area contributed by atoms with Crippen molar-refractivity contribution in [2.45, 2.75) is 39.0 Å². The Morgan fingerprint density at radius 1 is 1.24 bits per heavy atom. The quantitative estimate of drug-likeness (QED) is 0.424. The van der Waals surface area contributed by atoms with Crippen molar-refractivity contribution in [2.75, 3.05) is 33.8 Å².